The summed E-state index contributed by atoms with van der Waals surface area (Å²) in [4.78, 5) is 13.3. The Hall–Kier alpha value is -2.62. The molecule has 1 amide bonds. The second kappa shape index (κ2) is 8.81. The fourth-order valence-corrected chi connectivity index (χ4v) is 4.16. The summed E-state index contributed by atoms with van der Waals surface area (Å²) in [7, 11) is 0. The van der Waals surface area contributed by atoms with E-state index in [1.165, 1.54) is 11.1 Å². The van der Waals surface area contributed by atoms with Gasteiger partial charge >= 0.3 is 0 Å². The van der Waals surface area contributed by atoms with E-state index in [2.05, 4.69) is 34.9 Å². The molecule has 4 heteroatoms. The Kier molecular flexibility index (Phi) is 5.98. The Morgan fingerprint density at radius 2 is 1.79 bits per heavy atom. The highest BCUT2D eigenvalue weighted by Crippen LogP contribution is 2.32. The molecule has 3 aromatic carbocycles. The maximum Gasteiger partial charge on any atom is 0.246 e. The van der Waals surface area contributed by atoms with E-state index >= 15 is 0 Å². The standard InChI is InChI=1S/C25H25ClN2O/c1-17-14-15-20(16-22(17)26)27-25(29)24(19-9-3-2-4-10-19)28-23-13-7-11-18-8-5-6-12-21(18)23/h2-6,8-10,12,14-16,23-24,28H,7,11,13H2,1H3,(H,27,29)/t23-,24-/m0/s1. The molecule has 0 bridgehead atoms. The number of benzene rings is 3. The number of aryl methyl sites for hydroxylation is 2. The van der Waals surface area contributed by atoms with Crippen LogP contribution in [-0.4, -0.2) is 5.91 Å². The Balaban J connectivity index is 1.61. The van der Waals surface area contributed by atoms with Gasteiger partial charge in [0.15, 0.2) is 0 Å². The van der Waals surface area contributed by atoms with E-state index in [1.54, 1.807) is 6.07 Å². The van der Waals surface area contributed by atoms with Crippen molar-refractivity contribution < 1.29 is 4.79 Å². The molecule has 1 aliphatic rings. The molecule has 3 nitrogen and oxygen atoms in total. The molecule has 4 rings (SSSR count). The molecule has 0 spiro atoms. The van der Waals surface area contributed by atoms with Gasteiger partial charge in [0.05, 0.1) is 0 Å². The molecule has 0 fully saturated rings. The van der Waals surface area contributed by atoms with Gasteiger partial charge in [0.2, 0.25) is 5.91 Å². The predicted octanol–water partition coefficient (Wildman–Crippen LogP) is 6.00. The highest BCUT2D eigenvalue weighted by atomic mass is 35.5. The van der Waals surface area contributed by atoms with Gasteiger partial charge in [-0.05, 0) is 60.6 Å². The molecule has 1 aliphatic carbocycles. The lowest BCUT2D eigenvalue weighted by Crippen LogP contribution is -2.36. The first kappa shape index (κ1) is 19.7. The molecule has 0 unspecified atom stereocenters. The van der Waals surface area contributed by atoms with Gasteiger partial charge in [-0.25, -0.2) is 0 Å². The van der Waals surface area contributed by atoms with Gasteiger partial charge in [0, 0.05) is 16.8 Å². The van der Waals surface area contributed by atoms with Gasteiger partial charge in [-0.1, -0.05) is 72.3 Å². The van der Waals surface area contributed by atoms with Crippen LogP contribution in [0.4, 0.5) is 5.69 Å². The third kappa shape index (κ3) is 4.52. The van der Waals surface area contributed by atoms with Crippen LogP contribution in [-0.2, 0) is 11.2 Å². The first-order valence-electron chi connectivity index (χ1n) is 10.1. The van der Waals surface area contributed by atoms with E-state index in [4.69, 9.17) is 11.6 Å². The zero-order chi connectivity index (χ0) is 20.2. The van der Waals surface area contributed by atoms with Gasteiger partial charge in [-0.3, -0.25) is 10.1 Å². The van der Waals surface area contributed by atoms with Crippen molar-refractivity contribution in [1.82, 2.24) is 5.32 Å². The topological polar surface area (TPSA) is 41.1 Å². The van der Waals surface area contributed by atoms with Crippen LogP contribution in [0.1, 0.15) is 47.2 Å². The number of amides is 1. The number of hydrogen-bond donors (Lipinski definition) is 2. The van der Waals surface area contributed by atoms with Crippen LogP contribution in [0.5, 0.6) is 0 Å². The number of nitrogens with one attached hydrogen (secondary N) is 2. The Morgan fingerprint density at radius 1 is 1.03 bits per heavy atom. The molecule has 0 saturated heterocycles. The Labute approximate surface area is 177 Å². The van der Waals surface area contributed by atoms with Crippen molar-refractivity contribution in [1.29, 1.82) is 0 Å². The lowest BCUT2D eigenvalue weighted by molar-refractivity contribution is -0.118. The van der Waals surface area contributed by atoms with E-state index in [0.717, 1.165) is 30.4 Å². The van der Waals surface area contributed by atoms with Crippen LogP contribution in [0, 0.1) is 6.92 Å². The van der Waals surface area contributed by atoms with Crippen molar-refractivity contribution in [3.63, 3.8) is 0 Å². The summed E-state index contributed by atoms with van der Waals surface area (Å²) in [5.41, 5.74) is 5.31. The molecule has 0 saturated carbocycles. The van der Waals surface area contributed by atoms with Gasteiger partial charge in [0.25, 0.3) is 0 Å². The van der Waals surface area contributed by atoms with E-state index in [1.807, 2.05) is 49.4 Å². The number of fused-ring (bicyclic) bond motifs is 1. The number of carbonyl (C=O) groups excluding carboxylic acids is 1. The number of hydrogen-bond acceptors (Lipinski definition) is 2. The zero-order valence-electron chi connectivity index (χ0n) is 16.5. The molecule has 148 valence electrons. The summed E-state index contributed by atoms with van der Waals surface area (Å²) < 4.78 is 0. The van der Waals surface area contributed by atoms with Gasteiger partial charge in [0.1, 0.15) is 6.04 Å². The van der Waals surface area contributed by atoms with Crippen LogP contribution in [0.15, 0.2) is 72.8 Å². The van der Waals surface area contributed by atoms with E-state index < -0.39 is 6.04 Å². The number of carbonyl (C=O) groups is 1. The third-order valence-electron chi connectivity index (χ3n) is 5.57. The fraction of sp³-hybridized carbons (Fsp3) is 0.240. The van der Waals surface area contributed by atoms with Crippen molar-refractivity contribution in [3.05, 3.63) is 100 Å². The summed E-state index contributed by atoms with van der Waals surface area (Å²) in [6.07, 6.45) is 3.23. The average molecular weight is 405 g/mol. The van der Waals surface area contributed by atoms with Gasteiger partial charge < -0.3 is 5.32 Å². The molecule has 2 N–H and O–H groups in total. The van der Waals surface area contributed by atoms with Crippen LogP contribution >= 0.6 is 11.6 Å². The second-order valence-electron chi connectivity index (χ2n) is 7.61. The molecule has 2 atom stereocenters. The molecular weight excluding hydrogens is 380 g/mol. The first-order valence-corrected chi connectivity index (χ1v) is 10.5. The van der Waals surface area contributed by atoms with E-state index in [9.17, 15) is 4.79 Å². The lowest BCUT2D eigenvalue weighted by Gasteiger charge is -2.30. The molecule has 0 radical (unpaired) electrons. The second-order valence-corrected chi connectivity index (χ2v) is 8.01. The lowest BCUT2D eigenvalue weighted by atomic mass is 9.87. The zero-order valence-corrected chi connectivity index (χ0v) is 17.2. The molecule has 29 heavy (non-hydrogen) atoms. The number of rotatable bonds is 5. The highest BCUT2D eigenvalue weighted by Gasteiger charge is 2.27. The fourth-order valence-electron chi connectivity index (χ4n) is 3.98. The largest absolute Gasteiger partial charge is 0.324 e. The monoisotopic (exact) mass is 404 g/mol. The highest BCUT2D eigenvalue weighted by molar-refractivity contribution is 6.31. The summed E-state index contributed by atoms with van der Waals surface area (Å²) in [6.45, 7) is 1.95. The summed E-state index contributed by atoms with van der Waals surface area (Å²) >= 11 is 6.24. The molecule has 3 aromatic rings. The molecule has 0 aromatic heterocycles. The average Bonchev–Trinajstić information content (AvgIpc) is 2.75. The van der Waals surface area contributed by atoms with E-state index in [-0.39, 0.29) is 11.9 Å². The quantitative estimate of drug-likeness (QED) is 0.547. The van der Waals surface area contributed by atoms with Crippen LogP contribution in [0.25, 0.3) is 0 Å². The van der Waals surface area contributed by atoms with Gasteiger partial charge in [-0.2, -0.15) is 0 Å². The molecular formula is C25H25ClN2O. The van der Waals surface area contributed by atoms with Crippen molar-refractivity contribution in [2.45, 2.75) is 38.3 Å². The van der Waals surface area contributed by atoms with Crippen LogP contribution in [0.2, 0.25) is 5.02 Å². The van der Waals surface area contributed by atoms with Crippen LogP contribution < -0.4 is 10.6 Å². The summed E-state index contributed by atoms with van der Waals surface area (Å²) in [5, 5.41) is 7.31. The van der Waals surface area contributed by atoms with Crippen molar-refractivity contribution in [2.75, 3.05) is 5.32 Å². The smallest absolute Gasteiger partial charge is 0.246 e. The summed E-state index contributed by atoms with van der Waals surface area (Å²) in [5.74, 6) is -0.0841. The Morgan fingerprint density at radius 3 is 2.59 bits per heavy atom. The van der Waals surface area contributed by atoms with Crippen LogP contribution in [0.3, 0.4) is 0 Å². The third-order valence-corrected chi connectivity index (χ3v) is 5.98. The minimum Gasteiger partial charge on any atom is -0.324 e. The number of halogens is 1. The van der Waals surface area contributed by atoms with Crippen molar-refractivity contribution in [2.24, 2.45) is 0 Å². The predicted molar refractivity (Wildman–Crippen MR) is 119 cm³/mol. The van der Waals surface area contributed by atoms with E-state index in [0.29, 0.717) is 10.7 Å². The SMILES string of the molecule is Cc1ccc(NC(=O)[C@@H](N[C@H]2CCCc3ccccc32)c2ccccc2)cc1Cl. The normalized spacial score (nSPS) is 16.7. The maximum absolute atomic E-state index is 13.3. The number of anilines is 1. The summed E-state index contributed by atoms with van der Waals surface area (Å²) in [6, 6.07) is 23.7. The molecule has 0 aliphatic heterocycles. The minimum absolute atomic E-state index is 0.0841. The van der Waals surface area contributed by atoms with Crippen molar-refractivity contribution in [3.8, 4) is 0 Å². The van der Waals surface area contributed by atoms with Crippen molar-refractivity contribution >= 4 is 23.2 Å². The van der Waals surface area contributed by atoms with Gasteiger partial charge in [-0.15, -0.1) is 0 Å². The minimum atomic E-state index is -0.451. The molecule has 0 heterocycles. The first-order chi connectivity index (χ1) is 14.1. The maximum atomic E-state index is 13.3. The Bertz CT molecular complexity index is 1000.